The van der Waals surface area contributed by atoms with Gasteiger partial charge in [0.2, 0.25) is 0 Å². The molecule has 1 aromatic heterocycles. The van der Waals surface area contributed by atoms with Crippen LogP contribution in [-0.4, -0.2) is 5.91 Å². The molecule has 2 heterocycles. The zero-order chi connectivity index (χ0) is 17.4. The van der Waals surface area contributed by atoms with Gasteiger partial charge in [0.1, 0.15) is 0 Å². The number of carbonyl (C=O) groups excluding carboxylic acids is 1. The maximum Gasteiger partial charge on any atom is 0.258 e. The van der Waals surface area contributed by atoms with E-state index in [9.17, 15) is 4.79 Å². The Morgan fingerprint density at radius 2 is 2.16 bits per heavy atom. The van der Waals surface area contributed by atoms with Crippen LogP contribution >= 0.6 is 34.7 Å². The number of thiophene rings is 1. The van der Waals surface area contributed by atoms with Gasteiger partial charge in [0, 0.05) is 27.1 Å². The van der Waals surface area contributed by atoms with Crippen molar-refractivity contribution in [3.63, 3.8) is 0 Å². The summed E-state index contributed by atoms with van der Waals surface area (Å²) in [6.07, 6.45) is 5.76. The van der Waals surface area contributed by atoms with Gasteiger partial charge in [-0.2, -0.15) is 0 Å². The lowest BCUT2D eigenvalue weighted by molar-refractivity contribution is -0.116. The van der Waals surface area contributed by atoms with Crippen LogP contribution < -0.4 is 5.32 Å². The van der Waals surface area contributed by atoms with Gasteiger partial charge in [0.25, 0.3) is 5.91 Å². The summed E-state index contributed by atoms with van der Waals surface area (Å²) in [5.74, 6) is 1.69. The molecule has 0 saturated heterocycles. The number of benzene rings is 1. The molecular weight excluding hydrogens is 370 g/mol. The number of fused-ring (bicyclic) bond motifs is 3. The van der Waals surface area contributed by atoms with Crippen molar-refractivity contribution in [1.29, 1.82) is 0 Å². The van der Waals surface area contributed by atoms with E-state index < -0.39 is 0 Å². The van der Waals surface area contributed by atoms with Crippen LogP contribution in [0, 0.1) is 5.92 Å². The minimum Gasteiger partial charge on any atom is -0.347 e. The van der Waals surface area contributed by atoms with Crippen molar-refractivity contribution in [2.75, 3.05) is 0 Å². The molecule has 0 fully saturated rings. The smallest absolute Gasteiger partial charge is 0.258 e. The van der Waals surface area contributed by atoms with Gasteiger partial charge in [-0.15, -0.1) is 23.1 Å². The molecule has 1 aliphatic carbocycles. The van der Waals surface area contributed by atoms with Gasteiger partial charge in [0.15, 0.2) is 0 Å². The van der Waals surface area contributed by atoms with E-state index in [1.807, 2.05) is 35.6 Å². The summed E-state index contributed by atoms with van der Waals surface area (Å²) in [5.41, 5.74) is 3.98. The molecule has 1 N–H and O–H groups in total. The molecule has 4 rings (SSSR count). The first kappa shape index (κ1) is 17.2. The first-order chi connectivity index (χ1) is 12.1. The molecule has 0 radical (unpaired) electrons. The average Bonchev–Trinajstić information content (AvgIpc) is 2.97. The second-order valence-electron chi connectivity index (χ2n) is 6.77. The Morgan fingerprint density at radius 1 is 1.32 bits per heavy atom. The standard InChI is InChI=1S/C20H20ClNOS2/c1-12-6-7-14-15-11-24-19(9-18(15)25-17(14)8-12)20(23)22-10-13-4-2-3-5-16(13)21/h2-5,9,12H,6-8,10-11H2,1H3,(H,22,23). The summed E-state index contributed by atoms with van der Waals surface area (Å²) >= 11 is 9.70. The molecule has 1 aliphatic heterocycles. The Bertz CT molecular complexity index is 855. The summed E-state index contributed by atoms with van der Waals surface area (Å²) in [5, 5.41) is 3.69. The lowest BCUT2D eigenvalue weighted by atomic mass is 9.88. The fourth-order valence-electron chi connectivity index (χ4n) is 3.46. The molecule has 2 nitrogen and oxygen atoms in total. The number of hydrogen-bond acceptors (Lipinski definition) is 3. The molecule has 2 aromatic rings. The Balaban J connectivity index is 1.49. The summed E-state index contributed by atoms with van der Waals surface area (Å²) in [4.78, 5) is 16.2. The largest absolute Gasteiger partial charge is 0.347 e. The lowest BCUT2D eigenvalue weighted by Crippen LogP contribution is -2.24. The SMILES string of the molecule is CC1CCc2c(sc3c2CSC(C(=O)NCc2ccccc2Cl)=C3)C1. The van der Waals surface area contributed by atoms with E-state index in [2.05, 4.69) is 18.3 Å². The number of carbonyl (C=O) groups is 1. The van der Waals surface area contributed by atoms with Crippen molar-refractivity contribution in [2.24, 2.45) is 5.92 Å². The van der Waals surface area contributed by atoms with Gasteiger partial charge >= 0.3 is 0 Å². The maximum atomic E-state index is 12.5. The van der Waals surface area contributed by atoms with Gasteiger partial charge < -0.3 is 5.32 Å². The maximum absolute atomic E-state index is 12.5. The van der Waals surface area contributed by atoms with E-state index in [4.69, 9.17) is 11.6 Å². The minimum atomic E-state index is -0.00434. The van der Waals surface area contributed by atoms with Crippen molar-refractivity contribution < 1.29 is 4.79 Å². The first-order valence-corrected chi connectivity index (χ1v) is 10.8. The second kappa shape index (κ2) is 7.18. The number of amides is 1. The van der Waals surface area contributed by atoms with E-state index >= 15 is 0 Å². The molecule has 1 atom stereocenters. The third-order valence-corrected chi connectivity index (χ3v) is 7.57. The average molecular weight is 390 g/mol. The summed E-state index contributed by atoms with van der Waals surface area (Å²) in [6.45, 7) is 2.79. The predicted molar refractivity (Wildman–Crippen MR) is 108 cm³/mol. The minimum absolute atomic E-state index is 0.00434. The third-order valence-electron chi connectivity index (χ3n) is 4.91. The lowest BCUT2D eigenvalue weighted by Gasteiger charge is -2.20. The summed E-state index contributed by atoms with van der Waals surface area (Å²) in [7, 11) is 0. The Morgan fingerprint density at radius 3 is 3.00 bits per heavy atom. The normalized spacial score (nSPS) is 19.0. The van der Waals surface area contributed by atoms with Gasteiger partial charge in [0.05, 0.1) is 4.91 Å². The van der Waals surface area contributed by atoms with Crippen LogP contribution in [0.15, 0.2) is 29.2 Å². The molecule has 0 saturated carbocycles. The summed E-state index contributed by atoms with van der Waals surface area (Å²) in [6, 6.07) is 7.62. The monoisotopic (exact) mass is 389 g/mol. The number of hydrogen-bond donors (Lipinski definition) is 1. The van der Waals surface area contributed by atoms with E-state index in [0.717, 1.165) is 22.1 Å². The molecule has 0 bridgehead atoms. The summed E-state index contributed by atoms with van der Waals surface area (Å²) < 4.78 is 0. The Kier molecular flexibility index (Phi) is 4.94. The van der Waals surface area contributed by atoms with Crippen LogP contribution in [0.3, 0.4) is 0 Å². The highest BCUT2D eigenvalue weighted by Crippen LogP contribution is 2.43. The second-order valence-corrected chi connectivity index (χ2v) is 9.33. The molecular formula is C20H20ClNOS2. The predicted octanol–water partition coefficient (Wildman–Crippen LogP) is 5.43. The van der Waals surface area contributed by atoms with Crippen LogP contribution in [0.5, 0.6) is 0 Å². The van der Waals surface area contributed by atoms with Crippen LogP contribution in [0.1, 0.15) is 39.8 Å². The zero-order valence-electron chi connectivity index (χ0n) is 14.1. The fraction of sp³-hybridized carbons (Fsp3) is 0.350. The Hall–Kier alpha value is -1.23. The van der Waals surface area contributed by atoms with E-state index in [1.54, 1.807) is 22.2 Å². The van der Waals surface area contributed by atoms with Crippen molar-refractivity contribution in [1.82, 2.24) is 5.32 Å². The number of nitrogens with one attached hydrogen (secondary N) is 1. The van der Waals surface area contributed by atoms with Crippen LogP contribution in [0.2, 0.25) is 5.02 Å². The van der Waals surface area contributed by atoms with E-state index in [1.165, 1.54) is 29.7 Å². The van der Waals surface area contributed by atoms with Crippen molar-refractivity contribution in [3.05, 3.63) is 60.6 Å². The highest BCUT2D eigenvalue weighted by molar-refractivity contribution is 8.03. The van der Waals surface area contributed by atoms with Crippen molar-refractivity contribution in [3.8, 4) is 0 Å². The molecule has 25 heavy (non-hydrogen) atoms. The van der Waals surface area contributed by atoms with Crippen molar-refractivity contribution in [2.45, 2.75) is 38.5 Å². The number of rotatable bonds is 3. The molecule has 5 heteroatoms. The number of thioether (sulfide) groups is 1. The zero-order valence-corrected chi connectivity index (χ0v) is 16.5. The van der Waals surface area contributed by atoms with Gasteiger partial charge in [-0.25, -0.2) is 0 Å². The van der Waals surface area contributed by atoms with Crippen LogP contribution in [0.25, 0.3) is 6.08 Å². The highest BCUT2D eigenvalue weighted by atomic mass is 35.5. The fourth-order valence-corrected chi connectivity index (χ4v) is 6.34. The number of halogens is 1. The molecule has 130 valence electrons. The van der Waals surface area contributed by atoms with Gasteiger partial charge in [-0.1, -0.05) is 36.7 Å². The van der Waals surface area contributed by atoms with E-state index in [0.29, 0.717) is 11.6 Å². The highest BCUT2D eigenvalue weighted by Gasteiger charge is 2.26. The van der Waals surface area contributed by atoms with Crippen molar-refractivity contribution >= 4 is 46.7 Å². The van der Waals surface area contributed by atoms with Gasteiger partial charge in [-0.3, -0.25) is 4.79 Å². The van der Waals surface area contributed by atoms with Crippen LogP contribution in [-0.2, 0) is 29.9 Å². The first-order valence-electron chi connectivity index (χ1n) is 8.61. The molecule has 0 spiro atoms. The van der Waals surface area contributed by atoms with Crippen LogP contribution in [0.4, 0.5) is 0 Å². The molecule has 1 aromatic carbocycles. The molecule has 1 unspecified atom stereocenters. The third kappa shape index (κ3) is 3.53. The Labute approximate surface area is 161 Å². The molecule has 2 aliphatic rings. The van der Waals surface area contributed by atoms with E-state index in [-0.39, 0.29) is 5.91 Å². The molecule has 1 amide bonds. The topological polar surface area (TPSA) is 29.1 Å². The quantitative estimate of drug-likeness (QED) is 0.758. The van der Waals surface area contributed by atoms with Gasteiger partial charge in [-0.05, 0) is 54.0 Å².